The molecule has 1 rings (SSSR count). The summed E-state index contributed by atoms with van der Waals surface area (Å²) in [6.07, 6.45) is 4.63. The smallest absolute Gasteiger partial charge is 0.545 e. The fourth-order valence-corrected chi connectivity index (χ4v) is 1.05. The van der Waals surface area contributed by atoms with Crippen LogP contribution >= 0.6 is 0 Å². The van der Waals surface area contributed by atoms with E-state index >= 15 is 0 Å². The van der Waals surface area contributed by atoms with Crippen LogP contribution in [-0.2, 0) is 9.59 Å². The Morgan fingerprint density at radius 1 is 0.778 bits per heavy atom. The van der Waals surface area contributed by atoms with E-state index < -0.39 is 11.9 Å². The van der Waals surface area contributed by atoms with E-state index in [4.69, 9.17) is 0 Å². The van der Waals surface area contributed by atoms with Crippen LogP contribution in [0.5, 0.6) is 0 Å². The van der Waals surface area contributed by atoms with Crippen LogP contribution in [0.2, 0.25) is 0 Å². The van der Waals surface area contributed by atoms with Gasteiger partial charge in [-0.2, -0.15) is 0 Å². The second-order valence-corrected chi connectivity index (χ2v) is 2.97. The first kappa shape index (κ1) is 20.0. The Kier molecular flexibility index (Phi) is 11.7. The van der Waals surface area contributed by atoms with Crippen LogP contribution in [0, 0.1) is 0 Å². The SMILES string of the molecule is O=C([O-])C=Cc1ccc(C=CC(=O)[O-])cc1.[Na+].[Na+]. The van der Waals surface area contributed by atoms with Crippen molar-refractivity contribution >= 4 is 24.1 Å². The number of benzene rings is 1. The normalized spacial score (nSPS) is 9.78. The summed E-state index contributed by atoms with van der Waals surface area (Å²) in [6, 6.07) is 6.64. The predicted octanol–water partition coefficient (Wildman–Crippen LogP) is -6.78. The van der Waals surface area contributed by atoms with Gasteiger partial charge in [-0.05, 0) is 23.3 Å². The summed E-state index contributed by atoms with van der Waals surface area (Å²) in [6.45, 7) is 0. The number of hydrogen-bond acceptors (Lipinski definition) is 4. The maximum Gasteiger partial charge on any atom is 1.00 e. The Hall–Kier alpha value is -0.360. The average molecular weight is 262 g/mol. The Morgan fingerprint density at radius 2 is 1.06 bits per heavy atom. The fourth-order valence-electron chi connectivity index (χ4n) is 1.05. The van der Waals surface area contributed by atoms with E-state index in [0.717, 1.165) is 12.2 Å². The number of aliphatic carboxylic acids is 2. The van der Waals surface area contributed by atoms with Gasteiger partial charge in [-0.3, -0.25) is 0 Å². The minimum absolute atomic E-state index is 0. The topological polar surface area (TPSA) is 80.3 Å². The molecular formula is C12H8Na2O4. The van der Waals surface area contributed by atoms with E-state index in [-0.39, 0.29) is 59.1 Å². The quantitative estimate of drug-likeness (QED) is 0.399. The van der Waals surface area contributed by atoms with Crippen LogP contribution in [0.3, 0.4) is 0 Å². The molecule has 0 heterocycles. The molecule has 0 aromatic heterocycles. The van der Waals surface area contributed by atoms with E-state index in [1.807, 2.05) is 0 Å². The molecule has 0 bridgehead atoms. The minimum Gasteiger partial charge on any atom is -0.545 e. The zero-order chi connectivity index (χ0) is 12.0. The average Bonchev–Trinajstić information content (AvgIpc) is 2.25. The van der Waals surface area contributed by atoms with Gasteiger partial charge in [0.2, 0.25) is 0 Å². The minimum atomic E-state index is -1.26. The molecule has 0 amide bonds. The molecule has 18 heavy (non-hydrogen) atoms. The molecule has 0 radical (unpaired) electrons. The number of carboxylic acids is 2. The predicted molar refractivity (Wildman–Crippen MR) is 54.5 cm³/mol. The van der Waals surface area contributed by atoms with Gasteiger partial charge in [0.15, 0.2) is 0 Å². The number of carbonyl (C=O) groups is 2. The largest absolute Gasteiger partial charge is 1.00 e. The van der Waals surface area contributed by atoms with E-state index in [2.05, 4.69) is 0 Å². The van der Waals surface area contributed by atoms with Crippen molar-refractivity contribution in [3.05, 3.63) is 47.5 Å². The van der Waals surface area contributed by atoms with Gasteiger partial charge < -0.3 is 19.8 Å². The monoisotopic (exact) mass is 262 g/mol. The molecule has 1 aromatic rings. The molecule has 0 aliphatic carbocycles. The molecule has 1 aromatic carbocycles. The summed E-state index contributed by atoms with van der Waals surface area (Å²) in [7, 11) is 0. The Morgan fingerprint density at radius 3 is 1.28 bits per heavy atom. The number of hydrogen-bond donors (Lipinski definition) is 0. The third-order valence-electron chi connectivity index (χ3n) is 1.76. The van der Waals surface area contributed by atoms with Gasteiger partial charge in [0.05, 0.1) is 11.9 Å². The Bertz CT molecular complexity index is 407. The van der Waals surface area contributed by atoms with Crippen molar-refractivity contribution in [2.24, 2.45) is 0 Å². The van der Waals surface area contributed by atoms with Gasteiger partial charge in [0.1, 0.15) is 0 Å². The van der Waals surface area contributed by atoms with E-state index in [0.29, 0.717) is 11.1 Å². The molecule has 0 saturated heterocycles. The number of carboxylic acid groups (broad SMARTS) is 2. The first-order valence-electron chi connectivity index (χ1n) is 4.46. The molecule has 0 unspecified atom stereocenters. The number of rotatable bonds is 4. The Balaban J connectivity index is 0. The summed E-state index contributed by atoms with van der Waals surface area (Å²) in [5.41, 5.74) is 1.38. The summed E-state index contributed by atoms with van der Waals surface area (Å²) < 4.78 is 0. The summed E-state index contributed by atoms with van der Waals surface area (Å²) in [5.74, 6) is -2.53. The molecular weight excluding hydrogens is 254 g/mol. The molecule has 0 aliphatic heterocycles. The second-order valence-electron chi connectivity index (χ2n) is 2.97. The second kappa shape index (κ2) is 10.6. The molecule has 0 aliphatic rings. The van der Waals surface area contributed by atoms with Crippen LogP contribution in [0.1, 0.15) is 11.1 Å². The molecule has 0 saturated carbocycles. The first-order chi connectivity index (χ1) is 7.58. The summed E-state index contributed by atoms with van der Waals surface area (Å²) in [5, 5.41) is 20.3. The molecule has 4 nitrogen and oxygen atoms in total. The molecule has 0 spiro atoms. The van der Waals surface area contributed by atoms with Crippen LogP contribution in [0.25, 0.3) is 12.2 Å². The zero-order valence-corrected chi connectivity index (χ0v) is 14.3. The van der Waals surface area contributed by atoms with Crippen LogP contribution in [0.4, 0.5) is 0 Å². The van der Waals surface area contributed by atoms with Crippen molar-refractivity contribution in [3.63, 3.8) is 0 Å². The van der Waals surface area contributed by atoms with Gasteiger partial charge in [-0.15, -0.1) is 0 Å². The molecule has 0 atom stereocenters. The maximum atomic E-state index is 10.1. The van der Waals surface area contributed by atoms with Gasteiger partial charge >= 0.3 is 59.1 Å². The first-order valence-corrected chi connectivity index (χ1v) is 4.46. The molecule has 0 fully saturated rings. The van der Waals surface area contributed by atoms with Gasteiger partial charge in [-0.25, -0.2) is 0 Å². The third-order valence-corrected chi connectivity index (χ3v) is 1.76. The van der Waals surface area contributed by atoms with Crippen molar-refractivity contribution in [2.75, 3.05) is 0 Å². The van der Waals surface area contributed by atoms with Gasteiger partial charge in [0.25, 0.3) is 0 Å². The Labute approximate surface area is 149 Å². The third kappa shape index (κ3) is 8.69. The molecule has 82 valence electrons. The van der Waals surface area contributed by atoms with Crippen molar-refractivity contribution < 1.29 is 78.9 Å². The van der Waals surface area contributed by atoms with Crippen molar-refractivity contribution in [1.82, 2.24) is 0 Å². The summed E-state index contributed by atoms with van der Waals surface area (Å²) >= 11 is 0. The summed E-state index contributed by atoms with van der Waals surface area (Å²) in [4.78, 5) is 20.3. The van der Waals surface area contributed by atoms with Crippen molar-refractivity contribution in [2.45, 2.75) is 0 Å². The van der Waals surface area contributed by atoms with E-state index in [1.54, 1.807) is 24.3 Å². The van der Waals surface area contributed by atoms with Crippen LogP contribution in [0.15, 0.2) is 36.4 Å². The fraction of sp³-hybridized carbons (Fsp3) is 0. The van der Waals surface area contributed by atoms with E-state index in [9.17, 15) is 19.8 Å². The van der Waals surface area contributed by atoms with Crippen LogP contribution in [-0.4, -0.2) is 11.9 Å². The maximum absolute atomic E-state index is 10.1. The van der Waals surface area contributed by atoms with Gasteiger partial charge in [0, 0.05) is 0 Å². The van der Waals surface area contributed by atoms with Gasteiger partial charge in [-0.1, -0.05) is 36.4 Å². The standard InChI is InChI=1S/C12H10O4.2Na/c13-11(14)7-5-9-1-2-10(4-3-9)6-8-12(15)16;;/h1-8H,(H,13,14)(H,15,16);;/q;2*+1/p-2. The van der Waals surface area contributed by atoms with E-state index in [1.165, 1.54) is 12.2 Å². The van der Waals surface area contributed by atoms with Crippen molar-refractivity contribution in [1.29, 1.82) is 0 Å². The molecule has 6 heteroatoms. The molecule has 0 N–H and O–H groups in total. The van der Waals surface area contributed by atoms with Crippen LogP contribution < -0.4 is 69.3 Å². The van der Waals surface area contributed by atoms with Crippen molar-refractivity contribution in [3.8, 4) is 0 Å². The number of carbonyl (C=O) groups excluding carboxylic acids is 2. The zero-order valence-electron chi connectivity index (χ0n) is 10.3.